The molecule has 21 heavy (non-hydrogen) atoms. The minimum Gasteiger partial charge on any atom is -0.286 e. The van der Waals surface area contributed by atoms with Gasteiger partial charge in [-0.3, -0.25) is 19.4 Å². The third-order valence-corrected chi connectivity index (χ3v) is 6.55. The SMILES string of the molecule is CC1(C)[C@H]2CC[C@@]1(C)C(=O)N(CN1CCCCCC1)C2=O. The summed E-state index contributed by atoms with van der Waals surface area (Å²) in [7, 11) is 0. The summed E-state index contributed by atoms with van der Waals surface area (Å²) in [6, 6.07) is 0. The zero-order chi connectivity index (χ0) is 15.3. The predicted octanol–water partition coefficient (Wildman–Crippen LogP) is 2.63. The molecule has 4 nitrogen and oxygen atoms in total. The molecule has 2 atom stereocenters. The summed E-state index contributed by atoms with van der Waals surface area (Å²) < 4.78 is 0. The van der Waals surface area contributed by atoms with Crippen LogP contribution < -0.4 is 0 Å². The third kappa shape index (κ3) is 2.14. The number of likely N-dealkylation sites (tertiary alicyclic amines) is 2. The molecule has 0 radical (unpaired) electrons. The number of fused-ring (bicyclic) bond motifs is 2. The van der Waals surface area contributed by atoms with Crippen molar-refractivity contribution in [3.05, 3.63) is 0 Å². The normalized spacial score (nSPS) is 36.9. The largest absolute Gasteiger partial charge is 0.286 e. The summed E-state index contributed by atoms with van der Waals surface area (Å²) in [6.45, 7) is 8.81. The topological polar surface area (TPSA) is 40.6 Å². The highest BCUT2D eigenvalue weighted by Crippen LogP contribution is 2.60. The molecule has 3 fully saturated rings. The predicted molar refractivity (Wildman–Crippen MR) is 81.4 cm³/mol. The molecular weight excluding hydrogens is 264 g/mol. The van der Waals surface area contributed by atoms with Gasteiger partial charge >= 0.3 is 0 Å². The van der Waals surface area contributed by atoms with Crippen LogP contribution in [0.1, 0.15) is 59.3 Å². The monoisotopic (exact) mass is 292 g/mol. The fourth-order valence-corrected chi connectivity index (χ4v) is 4.51. The van der Waals surface area contributed by atoms with Gasteiger partial charge in [-0.05, 0) is 44.2 Å². The van der Waals surface area contributed by atoms with E-state index >= 15 is 0 Å². The van der Waals surface area contributed by atoms with Crippen molar-refractivity contribution >= 4 is 11.8 Å². The summed E-state index contributed by atoms with van der Waals surface area (Å²) in [4.78, 5) is 29.6. The standard InChI is InChI=1S/C17H28N2O2/c1-16(2)13-8-9-17(16,3)15(21)19(14(13)20)12-18-10-6-4-5-7-11-18/h13H,4-12H2,1-3H3/t13-,17-/m0/s1. The first-order valence-corrected chi connectivity index (χ1v) is 8.46. The number of carbonyl (C=O) groups is 2. The van der Waals surface area contributed by atoms with Gasteiger partial charge in [0.05, 0.1) is 12.1 Å². The van der Waals surface area contributed by atoms with Gasteiger partial charge in [0.25, 0.3) is 0 Å². The van der Waals surface area contributed by atoms with Crippen LogP contribution in [0.4, 0.5) is 0 Å². The van der Waals surface area contributed by atoms with E-state index < -0.39 is 0 Å². The number of rotatable bonds is 2. The van der Waals surface area contributed by atoms with Crippen molar-refractivity contribution in [2.75, 3.05) is 19.8 Å². The molecule has 4 heteroatoms. The van der Waals surface area contributed by atoms with Crippen molar-refractivity contribution in [3.63, 3.8) is 0 Å². The summed E-state index contributed by atoms with van der Waals surface area (Å²) >= 11 is 0. The number of amides is 2. The number of hydrogen-bond acceptors (Lipinski definition) is 3. The lowest BCUT2D eigenvalue weighted by atomic mass is 9.62. The Kier molecular flexibility index (Phi) is 3.63. The molecular formula is C17H28N2O2. The van der Waals surface area contributed by atoms with Gasteiger partial charge < -0.3 is 0 Å². The smallest absolute Gasteiger partial charge is 0.236 e. The van der Waals surface area contributed by atoms with Crippen LogP contribution in [0.25, 0.3) is 0 Å². The maximum atomic E-state index is 13.0. The molecule has 0 aromatic carbocycles. The third-order valence-electron chi connectivity index (χ3n) is 6.55. The van der Waals surface area contributed by atoms with Crippen molar-refractivity contribution in [3.8, 4) is 0 Å². The molecule has 2 saturated heterocycles. The van der Waals surface area contributed by atoms with E-state index in [-0.39, 0.29) is 28.6 Å². The number of imide groups is 1. The molecule has 0 aromatic heterocycles. The number of nitrogens with zero attached hydrogens (tertiary/aromatic N) is 2. The van der Waals surface area contributed by atoms with Gasteiger partial charge in [-0.2, -0.15) is 0 Å². The van der Waals surface area contributed by atoms with Gasteiger partial charge in [0.1, 0.15) is 0 Å². The molecule has 118 valence electrons. The van der Waals surface area contributed by atoms with Gasteiger partial charge in [0, 0.05) is 5.92 Å². The van der Waals surface area contributed by atoms with E-state index in [1.807, 2.05) is 0 Å². The molecule has 0 unspecified atom stereocenters. The van der Waals surface area contributed by atoms with E-state index in [2.05, 4.69) is 25.7 Å². The van der Waals surface area contributed by atoms with Crippen LogP contribution >= 0.6 is 0 Å². The molecule has 2 amide bonds. The van der Waals surface area contributed by atoms with Gasteiger partial charge in [-0.25, -0.2) is 0 Å². The molecule has 2 heterocycles. The van der Waals surface area contributed by atoms with Crippen LogP contribution in [0.5, 0.6) is 0 Å². The van der Waals surface area contributed by atoms with Gasteiger partial charge in [-0.15, -0.1) is 0 Å². The van der Waals surface area contributed by atoms with Crippen molar-refractivity contribution in [2.24, 2.45) is 16.7 Å². The van der Waals surface area contributed by atoms with E-state index in [0.717, 1.165) is 25.9 Å². The summed E-state index contributed by atoms with van der Waals surface area (Å²) in [5, 5.41) is 0. The van der Waals surface area contributed by atoms with Crippen LogP contribution in [-0.2, 0) is 9.59 Å². The van der Waals surface area contributed by atoms with E-state index in [0.29, 0.717) is 6.67 Å². The highest BCUT2D eigenvalue weighted by Gasteiger charge is 2.64. The van der Waals surface area contributed by atoms with E-state index in [9.17, 15) is 9.59 Å². The summed E-state index contributed by atoms with van der Waals surface area (Å²) in [6.07, 6.45) is 6.62. The Balaban J connectivity index is 1.80. The van der Waals surface area contributed by atoms with Crippen molar-refractivity contribution < 1.29 is 9.59 Å². The summed E-state index contributed by atoms with van der Waals surface area (Å²) in [5.74, 6) is 0.159. The summed E-state index contributed by atoms with van der Waals surface area (Å²) in [5.41, 5.74) is -0.562. The van der Waals surface area contributed by atoms with Gasteiger partial charge in [0.2, 0.25) is 11.8 Å². The highest BCUT2D eigenvalue weighted by atomic mass is 16.2. The molecule has 1 aliphatic carbocycles. The molecule has 0 aromatic rings. The number of hydrogen-bond donors (Lipinski definition) is 0. The number of piperidine rings is 1. The molecule has 3 rings (SSSR count). The Morgan fingerprint density at radius 2 is 1.67 bits per heavy atom. The van der Waals surface area contributed by atoms with Crippen LogP contribution in [0, 0.1) is 16.7 Å². The zero-order valence-electron chi connectivity index (χ0n) is 13.7. The molecule has 0 spiro atoms. The van der Waals surface area contributed by atoms with Crippen molar-refractivity contribution in [1.29, 1.82) is 0 Å². The lowest BCUT2D eigenvalue weighted by Gasteiger charge is -2.48. The fourth-order valence-electron chi connectivity index (χ4n) is 4.51. The first-order chi connectivity index (χ1) is 9.88. The minimum atomic E-state index is -0.364. The Hall–Kier alpha value is -0.900. The van der Waals surface area contributed by atoms with Crippen LogP contribution in [0.2, 0.25) is 0 Å². The van der Waals surface area contributed by atoms with Crippen LogP contribution in [-0.4, -0.2) is 41.4 Å². The minimum absolute atomic E-state index is 0.0205. The highest BCUT2D eigenvalue weighted by molar-refractivity contribution is 6.03. The second kappa shape index (κ2) is 5.08. The van der Waals surface area contributed by atoms with E-state index in [4.69, 9.17) is 0 Å². The fraction of sp³-hybridized carbons (Fsp3) is 0.882. The zero-order valence-corrected chi connectivity index (χ0v) is 13.7. The van der Waals surface area contributed by atoms with E-state index in [1.54, 1.807) is 4.90 Å². The Morgan fingerprint density at radius 3 is 2.29 bits per heavy atom. The molecule has 2 bridgehead atoms. The lowest BCUT2D eigenvalue weighted by Crippen LogP contribution is -2.61. The van der Waals surface area contributed by atoms with Gasteiger partial charge in [-0.1, -0.05) is 33.6 Å². The Morgan fingerprint density at radius 1 is 1.05 bits per heavy atom. The maximum Gasteiger partial charge on any atom is 0.236 e. The quantitative estimate of drug-likeness (QED) is 0.735. The van der Waals surface area contributed by atoms with Crippen molar-refractivity contribution in [1.82, 2.24) is 9.80 Å². The van der Waals surface area contributed by atoms with Gasteiger partial charge in [0.15, 0.2) is 0 Å². The average molecular weight is 292 g/mol. The Labute approximate surface area is 127 Å². The van der Waals surface area contributed by atoms with Crippen molar-refractivity contribution in [2.45, 2.75) is 59.3 Å². The molecule has 2 aliphatic heterocycles. The first kappa shape index (κ1) is 15.0. The molecule has 3 aliphatic rings. The van der Waals surface area contributed by atoms with Crippen LogP contribution in [0.3, 0.4) is 0 Å². The first-order valence-electron chi connectivity index (χ1n) is 8.46. The molecule has 1 saturated carbocycles. The number of carbonyl (C=O) groups excluding carboxylic acids is 2. The Bertz CT molecular complexity index is 452. The van der Waals surface area contributed by atoms with Crippen LogP contribution in [0.15, 0.2) is 0 Å². The molecule has 0 N–H and O–H groups in total. The average Bonchev–Trinajstić information content (AvgIpc) is 2.64. The second-order valence-electron chi connectivity index (χ2n) is 7.89. The second-order valence-corrected chi connectivity index (χ2v) is 7.89. The lowest BCUT2D eigenvalue weighted by molar-refractivity contribution is -0.170. The maximum absolute atomic E-state index is 13.0. The van der Waals surface area contributed by atoms with E-state index in [1.165, 1.54) is 25.7 Å².